The van der Waals surface area contributed by atoms with E-state index in [1.54, 1.807) is 0 Å². The minimum atomic E-state index is 0.876. The van der Waals surface area contributed by atoms with Gasteiger partial charge in [0.05, 0.1) is 10.2 Å². The molecule has 0 spiro atoms. The highest BCUT2D eigenvalue weighted by atomic mass is 28.1. The summed E-state index contributed by atoms with van der Waals surface area (Å²) in [7, 11) is 3.54. The Morgan fingerprint density at radius 3 is 2.50 bits per heavy atom. The Morgan fingerprint density at radius 2 is 1.79 bits per heavy atom. The highest BCUT2D eigenvalue weighted by Crippen LogP contribution is 2.04. The van der Waals surface area contributed by atoms with Crippen LogP contribution in [0.3, 0.4) is 0 Å². The summed E-state index contributed by atoms with van der Waals surface area (Å²) in [4.78, 5) is 4.32. The molecule has 0 amide bonds. The van der Waals surface area contributed by atoms with E-state index in [4.69, 9.17) is 0 Å². The van der Waals surface area contributed by atoms with Gasteiger partial charge in [0.1, 0.15) is 0 Å². The van der Waals surface area contributed by atoms with E-state index in [0.717, 1.165) is 17.3 Å². The first-order valence-corrected chi connectivity index (χ1v) is 5.05. The van der Waals surface area contributed by atoms with Gasteiger partial charge in [-0.25, -0.2) is 0 Å². The lowest BCUT2D eigenvalue weighted by Gasteiger charge is -2.03. The van der Waals surface area contributed by atoms with Crippen molar-refractivity contribution in [2.24, 2.45) is 0 Å². The number of hydrogen-bond donors (Lipinski definition) is 0. The van der Waals surface area contributed by atoms with Gasteiger partial charge in [-0.2, -0.15) is 0 Å². The molecule has 1 aromatic heterocycles. The Morgan fingerprint density at radius 1 is 1.00 bits per heavy atom. The van der Waals surface area contributed by atoms with Crippen molar-refractivity contribution in [2.45, 2.75) is 6.42 Å². The number of hydrogen-bond acceptors (Lipinski definition) is 1. The summed E-state index contributed by atoms with van der Waals surface area (Å²) in [5.41, 5.74) is 2.36. The Hall–Kier alpha value is -1.41. The Balaban J connectivity index is 2.24. The third-order valence-electron chi connectivity index (χ3n) is 2.10. The molecular weight excluding hydrogens is 186 g/mol. The first-order valence-electron chi connectivity index (χ1n) is 4.55. The van der Waals surface area contributed by atoms with E-state index in [2.05, 4.69) is 27.4 Å². The van der Waals surface area contributed by atoms with Crippen LogP contribution in [0.2, 0.25) is 0 Å². The maximum atomic E-state index is 4.32. The van der Waals surface area contributed by atoms with Crippen LogP contribution in [0.5, 0.6) is 0 Å². The van der Waals surface area contributed by atoms with Crippen molar-refractivity contribution in [1.29, 1.82) is 0 Å². The van der Waals surface area contributed by atoms with Crippen molar-refractivity contribution >= 4 is 15.4 Å². The molecule has 0 fully saturated rings. The van der Waals surface area contributed by atoms with E-state index >= 15 is 0 Å². The zero-order valence-corrected chi connectivity index (χ0v) is 8.77. The smallest absolute Gasteiger partial charge is 0.0737 e. The van der Waals surface area contributed by atoms with E-state index in [9.17, 15) is 0 Å². The summed E-state index contributed by atoms with van der Waals surface area (Å²) in [5, 5.41) is 1.07. The highest BCUT2D eigenvalue weighted by Gasteiger charge is 1.99. The van der Waals surface area contributed by atoms with Crippen LogP contribution in [0.15, 0.2) is 48.7 Å². The molecule has 1 nitrogen and oxygen atoms in total. The molecule has 0 unspecified atom stereocenters. The van der Waals surface area contributed by atoms with Gasteiger partial charge in [-0.15, -0.1) is 0 Å². The van der Waals surface area contributed by atoms with Crippen molar-refractivity contribution in [2.75, 3.05) is 0 Å². The number of pyridine rings is 1. The van der Waals surface area contributed by atoms with Gasteiger partial charge in [0.25, 0.3) is 0 Å². The van der Waals surface area contributed by atoms with Crippen LogP contribution < -0.4 is 5.19 Å². The molecule has 1 aromatic carbocycles. The molecule has 2 heteroatoms. The van der Waals surface area contributed by atoms with E-state index < -0.39 is 0 Å². The van der Waals surface area contributed by atoms with Gasteiger partial charge in [0, 0.05) is 18.3 Å². The Kier molecular flexibility index (Phi) is 2.75. The highest BCUT2D eigenvalue weighted by molar-refractivity contribution is 6.33. The summed E-state index contributed by atoms with van der Waals surface area (Å²) in [6, 6.07) is 14.3. The first-order chi connectivity index (χ1) is 6.86. The summed E-state index contributed by atoms with van der Waals surface area (Å²) < 4.78 is 0. The lowest BCUT2D eigenvalue weighted by molar-refractivity contribution is 1.09. The van der Waals surface area contributed by atoms with Crippen LogP contribution >= 0.6 is 0 Å². The molecule has 1 heterocycles. The van der Waals surface area contributed by atoms with Crippen LogP contribution in [-0.2, 0) is 6.42 Å². The fourth-order valence-corrected chi connectivity index (χ4v) is 1.62. The molecule has 67 valence electrons. The van der Waals surface area contributed by atoms with Crippen molar-refractivity contribution in [1.82, 2.24) is 4.98 Å². The molecule has 2 aromatic rings. The van der Waals surface area contributed by atoms with Gasteiger partial charge in [0.2, 0.25) is 0 Å². The van der Waals surface area contributed by atoms with Crippen LogP contribution in [0.25, 0.3) is 0 Å². The molecule has 0 saturated carbocycles. The molecular formula is C12H10NSi. The van der Waals surface area contributed by atoms with Gasteiger partial charge in [-0.05, 0) is 16.8 Å². The molecule has 2 rings (SSSR count). The Bertz CT molecular complexity index is 412. The zero-order chi connectivity index (χ0) is 9.80. The summed E-state index contributed by atoms with van der Waals surface area (Å²) in [6.45, 7) is 0. The monoisotopic (exact) mass is 196 g/mol. The summed E-state index contributed by atoms with van der Waals surface area (Å²) >= 11 is 0. The van der Waals surface area contributed by atoms with Crippen molar-refractivity contribution in [3.8, 4) is 0 Å². The molecule has 0 saturated heterocycles. The summed E-state index contributed by atoms with van der Waals surface area (Å²) in [6.07, 6.45) is 2.70. The van der Waals surface area contributed by atoms with E-state index in [-0.39, 0.29) is 0 Å². The van der Waals surface area contributed by atoms with Crippen molar-refractivity contribution in [3.63, 3.8) is 0 Å². The van der Waals surface area contributed by atoms with Gasteiger partial charge < -0.3 is 0 Å². The van der Waals surface area contributed by atoms with Gasteiger partial charge in [-0.3, -0.25) is 4.98 Å². The molecule has 0 aliphatic heterocycles. The molecule has 0 aliphatic rings. The lowest BCUT2D eigenvalue weighted by Crippen LogP contribution is -2.12. The molecule has 0 aliphatic carbocycles. The zero-order valence-electron chi connectivity index (χ0n) is 7.77. The summed E-state index contributed by atoms with van der Waals surface area (Å²) in [5.74, 6) is 0. The number of nitrogens with zero attached hydrogens (tertiary/aromatic N) is 1. The predicted octanol–water partition coefficient (Wildman–Crippen LogP) is 1.47. The largest absolute Gasteiger partial charge is 0.261 e. The molecule has 0 N–H and O–H groups in total. The van der Waals surface area contributed by atoms with E-state index in [1.807, 2.05) is 36.5 Å². The normalized spacial score (nSPS) is 10.1. The van der Waals surface area contributed by atoms with Gasteiger partial charge in [-0.1, -0.05) is 36.4 Å². The van der Waals surface area contributed by atoms with E-state index in [1.165, 1.54) is 5.56 Å². The predicted molar refractivity (Wildman–Crippen MR) is 58.9 cm³/mol. The van der Waals surface area contributed by atoms with Crippen molar-refractivity contribution < 1.29 is 0 Å². The Labute approximate surface area is 87.2 Å². The van der Waals surface area contributed by atoms with Crippen LogP contribution in [0, 0.1) is 0 Å². The fourth-order valence-electron chi connectivity index (χ4n) is 1.37. The SMILES string of the molecule is [Si]c1cccnc1Cc1ccccc1. The second kappa shape index (κ2) is 4.20. The van der Waals surface area contributed by atoms with Gasteiger partial charge in [0.15, 0.2) is 0 Å². The average molecular weight is 196 g/mol. The second-order valence-corrected chi connectivity index (χ2v) is 3.70. The molecule has 3 radical (unpaired) electrons. The third kappa shape index (κ3) is 2.09. The lowest BCUT2D eigenvalue weighted by atomic mass is 10.1. The molecule has 0 bridgehead atoms. The maximum absolute atomic E-state index is 4.32. The van der Waals surface area contributed by atoms with Crippen molar-refractivity contribution in [3.05, 3.63) is 59.9 Å². The number of aromatic nitrogens is 1. The second-order valence-electron chi connectivity index (χ2n) is 3.16. The van der Waals surface area contributed by atoms with Crippen LogP contribution in [0.4, 0.5) is 0 Å². The minimum Gasteiger partial charge on any atom is -0.261 e. The molecule has 0 atom stereocenters. The minimum absolute atomic E-state index is 0.876. The van der Waals surface area contributed by atoms with Crippen LogP contribution in [-0.4, -0.2) is 15.2 Å². The average Bonchev–Trinajstić information content (AvgIpc) is 2.23. The van der Waals surface area contributed by atoms with Gasteiger partial charge >= 0.3 is 0 Å². The topological polar surface area (TPSA) is 12.9 Å². The standard InChI is InChI=1S/C12H10NSi/c14-12-7-4-8-13-11(12)9-10-5-2-1-3-6-10/h1-8H,9H2. The first kappa shape index (κ1) is 9.15. The maximum Gasteiger partial charge on any atom is 0.0737 e. The number of benzene rings is 1. The third-order valence-corrected chi connectivity index (χ3v) is 2.56. The number of rotatable bonds is 2. The molecule has 14 heavy (non-hydrogen) atoms. The quantitative estimate of drug-likeness (QED) is 0.663. The van der Waals surface area contributed by atoms with E-state index in [0.29, 0.717) is 0 Å². The van der Waals surface area contributed by atoms with Crippen LogP contribution in [0.1, 0.15) is 11.3 Å². The fraction of sp³-hybridized carbons (Fsp3) is 0.0833.